The summed E-state index contributed by atoms with van der Waals surface area (Å²) in [6.07, 6.45) is 0.0145. The molecule has 7 nitrogen and oxygen atoms in total. The Morgan fingerprint density at radius 3 is 2.22 bits per heavy atom. The molecule has 1 aliphatic carbocycles. The van der Waals surface area contributed by atoms with E-state index in [0.717, 1.165) is 0 Å². The van der Waals surface area contributed by atoms with Crippen LogP contribution in [0.25, 0.3) is 0 Å². The highest BCUT2D eigenvalue weighted by atomic mass is 16.5. The number of hydroxylamine groups is 1. The van der Waals surface area contributed by atoms with Gasteiger partial charge in [0.1, 0.15) is 0 Å². The Morgan fingerprint density at radius 2 is 1.78 bits per heavy atom. The topological polar surface area (TPSA) is 105 Å². The summed E-state index contributed by atoms with van der Waals surface area (Å²) in [7, 11) is 2.39. The molecule has 3 N–H and O–H groups in total. The van der Waals surface area contributed by atoms with Gasteiger partial charge in [-0.15, -0.1) is 0 Å². The Bertz CT molecular complexity index is 545. The molecule has 2 rings (SSSR count). The van der Waals surface area contributed by atoms with Gasteiger partial charge in [-0.05, 0) is 12.0 Å². The number of aliphatic hydroxyl groups is 1. The highest BCUT2D eigenvalue weighted by Crippen LogP contribution is 2.53. The average molecular weight is 323 g/mol. The van der Waals surface area contributed by atoms with E-state index < -0.39 is 35.2 Å². The van der Waals surface area contributed by atoms with Crippen LogP contribution in [0, 0.1) is 11.3 Å². The standard InChI is InChI=1S/C16H21NO6/c1-22-14(19)16(15(20)23-2)8-11(9-18)13(17-21)12(16)10-6-4-3-5-7-10/h3-7,11-13,17-18,21H,8-9H2,1-2H3/t11-,12-,13-/m1/s1. The predicted molar refractivity (Wildman–Crippen MR) is 79.6 cm³/mol. The number of esters is 2. The molecule has 1 saturated carbocycles. The van der Waals surface area contributed by atoms with Crippen molar-refractivity contribution in [3.8, 4) is 0 Å². The van der Waals surface area contributed by atoms with Crippen LogP contribution < -0.4 is 5.48 Å². The summed E-state index contributed by atoms with van der Waals surface area (Å²) in [4.78, 5) is 25.1. The lowest BCUT2D eigenvalue weighted by Crippen LogP contribution is -2.47. The minimum atomic E-state index is -1.63. The molecule has 0 unspecified atom stereocenters. The molecule has 0 heterocycles. The van der Waals surface area contributed by atoms with Crippen molar-refractivity contribution in [1.29, 1.82) is 0 Å². The van der Waals surface area contributed by atoms with E-state index in [1.165, 1.54) is 14.2 Å². The third-order valence-electron chi connectivity index (χ3n) is 4.62. The summed E-state index contributed by atoms with van der Waals surface area (Å²) in [6, 6.07) is 8.18. The average Bonchev–Trinajstić information content (AvgIpc) is 2.96. The quantitative estimate of drug-likeness (QED) is 0.411. The van der Waals surface area contributed by atoms with Crippen LogP contribution in [0.4, 0.5) is 0 Å². The summed E-state index contributed by atoms with van der Waals surface area (Å²) >= 11 is 0. The molecule has 0 aromatic heterocycles. The van der Waals surface area contributed by atoms with Gasteiger partial charge in [0.2, 0.25) is 0 Å². The molecule has 0 radical (unpaired) electrons. The molecule has 0 spiro atoms. The minimum Gasteiger partial charge on any atom is -0.468 e. The minimum absolute atomic E-state index is 0.0145. The number of hydrogen-bond acceptors (Lipinski definition) is 7. The van der Waals surface area contributed by atoms with E-state index in [4.69, 9.17) is 9.47 Å². The highest BCUT2D eigenvalue weighted by Gasteiger charge is 2.64. The lowest BCUT2D eigenvalue weighted by atomic mass is 9.73. The first-order chi connectivity index (χ1) is 11.1. The van der Waals surface area contributed by atoms with Crippen molar-refractivity contribution < 1.29 is 29.4 Å². The van der Waals surface area contributed by atoms with Gasteiger partial charge < -0.3 is 19.8 Å². The highest BCUT2D eigenvalue weighted by molar-refractivity contribution is 6.02. The maximum atomic E-state index is 12.5. The fourth-order valence-corrected chi connectivity index (χ4v) is 3.62. The number of aliphatic hydroxyl groups excluding tert-OH is 1. The molecule has 3 atom stereocenters. The van der Waals surface area contributed by atoms with Crippen LogP contribution in [-0.4, -0.2) is 49.1 Å². The first-order valence-corrected chi connectivity index (χ1v) is 7.29. The van der Waals surface area contributed by atoms with Crippen LogP contribution in [-0.2, 0) is 19.1 Å². The molecule has 23 heavy (non-hydrogen) atoms. The number of carbonyl (C=O) groups is 2. The summed E-state index contributed by atoms with van der Waals surface area (Å²) in [5.74, 6) is -2.72. The summed E-state index contributed by atoms with van der Waals surface area (Å²) < 4.78 is 9.73. The second kappa shape index (κ2) is 7.08. The molecule has 0 saturated heterocycles. The van der Waals surface area contributed by atoms with Crippen LogP contribution in [0.15, 0.2) is 30.3 Å². The van der Waals surface area contributed by atoms with Gasteiger partial charge in [-0.25, -0.2) is 5.48 Å². The fourth-order valence-electron chi connectivity index (χ4n) is 3.62. The molecule has 7 heteroatoms. The van der Waals surface area contributed by atoms with Gasteiger partial charge in [-0.1, -0.05) is 30.3 Å². The van der Waals surface area contributed by atoms with Gasteiger partial charge in [-0.3, -0.25) is 9.59 Å². The van der Waals surface area contributed by atoms with Crippen molar-refractivity contribution in [2.45, 2.75) is 18.4 Å². The molecule has 1 fully saturated rings. The normalized spacial score (nSPS) is 25.8. The Kier molecular flexibility index (Phi) is 5.35. The third kappa shape index (κ3) is 2.71. The molecule has 1 aliphatic rings. The van der Waals surface area contributed by atoms with E-state index in [-0.39, 0.29) is 13.0 Å². The molecule has 1 aromatic rings. The van der Waals surface area contributed by atoms with Gasteiger partial charge in [0.05, 0.1) is 14.2 Å². The summed E-state index contributed by atoms with van der Waals surface area (Å²) in [5, 5.41) is 19.2. The van der Waals surface area contributed by atoms with Crippen molar-refractivity contribution >= 4 is 11.9 Å². The third-order valence-corrected chi connectivity index (χ3v) is 4.62. The monoisotopic (exact) mass is 323 g/mol. The van der Waals surface area contributed by atoms with E-state index in [2.05, 4.69) is 5.48 Å². The van der Waals surface area contributed by atoms with Crippen LogP contribution in [0.1, 0.15) is 17.9 Å². The van der Waals surface area contributed by atoms with Gasteiger partial charge >= 0.3 is 11.9 Å². The molecule has 0 amide bonds. The zero-order chi connectivity index (χ0) is 17.0. The van der Waals surface area contributed by atoms with Gasteiger partial charge in [-0.2, -0.15) is 0 Å². The van der Waals surface area contributed by atoms with Crippen molar-refractivity contribution in [1.82, 2.24) is 5.48 Å². The van der Waals surface area contributed by atoms with Gasteiger partial charge in [0.25, 0.3) is 0 Å². The van der Waals surface area contributed by atoms with E-state index in [0.29, 0.717) is 5.56 Å². The summed E-state index contributed by atoms with van der Waals surface area (Å²) in [6.45, 7) is -0.294. The van der Waals surface area contributed by atoms with Crippen LogP contribution >= 0.6 is 0 Å². The van der Waals surface area contributed by atoms with Crippen molar-refractivity contribution in [2.75, 3.05) is 20.8 Å². The Balaban J connectivity index is 2.65. The smallest absolute Gasteiger partial charge is 0.323 e. The van der Waals surface area contributed by atoms with Crippen LogP contribution in [0.2, 0.25) is 0 Å². The largest absolute Gasteiger partial charge is 0.468 e. The van der Waals surface area contributed by atoms with Crippen LogP contribution in [0.3, 0.4) is 0 Å². The number of nitrogens with one attached hydrogen (secondary N) is 1. The van der Waals surface area contributed by atoms with Crippen molar-refractivity contribution in [3.05, 3.63) is 35.9 Å². The maximum absolute atomic E-state index is 12.5. The lowest BCUT2D eigenvalue weighted by molar-refractivity contribution is -0.170. The molecule has 1 aromatic carbocycles. The van der Waals surface area contributed by atoms with Gasteiger partial charge in [0, 0.05) is 24.5 Å². The van der Waals surface area contributed by atoms with E-state index in [1.54, 1.807) is 30.3 Å². The second-order valence-corrected chi connectivity index (χ2v) is 5.64. The van der Waals surface area contributed by atoms with Crippen molar-refractivity contribution in [3.63, 3.8) is 0 Å². The Morgan fingerprint density at radius 1 is 1.22 bits per heavy atom. The zero-order valence-corrected chi connectivity index (χ0v) is 13.1. The van der Waals surface area contributed by atoms with E-state index in [9.17, 15) is 19.9 Å². The zero-order valence-electron chi connectivity index (χ0n) is 13.1. The van der Waals surface area contributed by atoms with E-state index in [1.807, 2.05) is 0 Å². The first kappa shape index (κ1) is 17.4. The molecule has 0 bridgehead atoms. The maximum Gasteiger partial charge on any atom is 0.323 e. The molecule has 0 aliphatic heterocycles. The number of rotatable bonds is 5. The number of methoxy groups -OCH3 is 2. The van der Waals surface area contributed by atoms with Crippen LogP contribution in [0.5, 0.6) is 0 Å². The SMILES string of the molecule is COC(=O)C1(C(=O)OC)C[C@H](CO)[C@@H](NO)[C@H]1c1ccccc1. The Labute approximate surface area is 134 Å². The second-order valence-electron chi connectivity index (χ2n) is 5.64. The Hall–Kier alpha value is -1.96. The molecule has 126 valence electrons. The predicted octanol–water partition coefficient (Wildman–Crippen LogP) is 0.462. The number of hydrogen-bond donors (Lipinski definition) is 3. The van der Waals surface area contributed by atoms with Gasteiger partial charge in [0.15, 0.2) is 5.41 Å². The number of benzene rings is 1. The first-order valence-electron chi connectivity index (χ1n) is 7.29. The molecular formula is C16H21NO6. The number of carbonyl (C=O) groups excluding carboxylic acids is 2. The summed E-state index contributed by atoms with van der Waals surface area (Å²) in [5.41, 5.74) is 1.20. The molecular weight excluding hydrogens is 302 g/mol. The van der Waals surface area contributed by atoms with Crippen molar-refractivity contribution in [2.24, 2.45) is 11.3 Å². The number of ether oxygens (including phenoxy) is 2. The lowest BCUT2D eigenvalue weighted by Gasteiger charge is -2.32. The van der Waals surface area contributed by atoms with E-state index >= 15 is 0 Å². The fraction of sp³-hybridized carbons (Fsp3) is 0.500.